The molecule has 2 amide bonds. The molecule has 20 nitrogen and oxygen atoms in total. The van der Waals surface area contributed by atoms with Gasteiger partial charge in [-0.15, -0.1) is 11.8 Å². The number of rotatable bonds is 14. The van der Waals surface area contributed by atoms with E-state index >= 15 is 0 Å². The summed E-state index contributed by atoms with van der Waals surface area (Å²) >= 11 is 1.39. The number of aliphatic imine (C=N–C) groups is 1. The van der Waals surface area contributed by atoms with Gasteiger partial charge in [0.1, 0.15) is 37.5 Å². The van der Waals surface area contributed by atoms with E-state index in [4.69, 9.17) is 18.9 Å². The van der Waals surface area contributed by atoms with Crippen molar-refractivity contribution in [1.82, 2.24) is 9.80 Å². The van der Waals surface area contributed by atoms with Crippen LogP contribution in [0.15, 0.2) is 88.4 Å². The molecule has 2 saturated heterocycles. The van der Waals surface area contributed by atoms with E-state index in [1.807, 2.05) is 4.90 Å². The molecule has 3 aromatic rings. The summed E-state index contributed by atoms with van der Waals surface area (Å²) in [4.78, 5) is 91.6. The van der Waals surface area contributed by atoms with Gasteiger partial charge in [-0.25, -0.2) is 14.4 Å². The van der Waals surface area contributed by atoms with Gasteiger partial charge in [0, 0.05) is 66.1 Å². The molecule has 3 aliphatic heterocycles. The lowest BCUT2D eigenvalue weighted by Crippen LogP contribution is -2.62. The second-order valence-corrected chi connectivity index (χ2v) is 15.1. The van der Waals surface area contributed by atoms with Gasteiger partial charge in [0.2, 0.25) is 5.91 Å². The molecule has 4 atom stereocenters. The fraction of sp³-hybridized carbons (Fsp3) is 0.342. The average Bonchev–Trinajstić information content (AvgIpc) is 3.81. The number of ether oxygens (including phenoxy) is 4. The molecule has 0 bridgehead atoms. The number of hydrogen-bond acceptors (Lipinski definition) is 15. The Labute approximate surface area is 339 Å². The first-order chi connectivity index (χ1) is 28.2. The number of likely N-dealkylation sites (tertiary alicyclic amines) is 1. The normalized spacial score (nSPS) is 19.1. The zero-order chi connectivity index (χ0) is 42.4. The monoisotopic (exact) mass is 832 g/mol. The van der Waals surface area contributed by atoms with Crippen LogP contribution >= 0.6 is 11.8 Å². The van der Waals surface area contributed by atoms with Crippen molar-refractivity contribution in [1.29, 1.82) is 0 Å². The minimum absolute atomic E-state index is 0.0507. The lowest BCUT2D eigenvalue weighted by atomic mass is 9.83. The fourth-order valence-corrected chi connectivity index (χ4v) is 8.21. The van der Waals surface area contributed by atoms with E-state index in [9.17, 15) is 49.5 Å². The lowest BCUT2D eigenvalue weighted by Gasteiger charge is -2.45. The zero-order valence-electron chi connectivity index (χ0n) is 31.5. The molecule has 3 aromatic carbocycles. The Kier molecular flexibility index (Phi) is 12.8. The van der Waals surface area contributed by atoms with Gasteiger partial charge >= 0.3 is 18.2 Å². The maximum Gasteiger partial charge on any atom is 0.508 e. The minimum atomic E-state index is -1.05. The number of nitrogens with zero attached hydrogens (tertiary/aromatic N) is 6. The van der Waals surface area contributed by atoms with Crippen molar-refractivity contribution in [2.75, 3.05) is 13.1 Å². The van der Waals surface area contributed by atoms with Gasteiger partial charge in [-0.2, -0.15) is 4.99 Å². The highest BCUT2D eigenvalue weighted by molar-refractivity contribution is 8.03. The fourth-order valence-electron chi connectivity index (χ4n) is 6.77. The van der Waals surface area contributed by atoms with Crippen LogP contribution in [0.3, 0.4) is 0 Å². The number of carbonyl (C=O) groups is 4. The van der Waals surface area contributed by atoms with Crippen LogP contribution in [0.1, 0.15) is 43.4 Å². The van der Waals surface area contributed by atoms with Gasteiger partial charge in [-0.3, -0.25) is 35.1 Å². The Bertz CT molecular complexity index is 2210. The van der Waals surface area contributed by atoms with Crippen LogP contribution in [0.4, 0.5) is 26.7 Å². The van der Waals surface area contributed by atoms with Crippen LogP contribution in [0.5, 0.6) is 0 Å². The maximum absolute atomic E-state index is 13.7. The van der Waals surface area contributed by atoms with Crippen molar-refractivity contribution in [3.8, 4) is 0 Å². The first-order valence-electron chi connectivity index (χ1n) is 18.1. The van der Waals surface area contributed by atoms with Crippen molar-refractivity contribution in [2.45, 2.75) is 63.9 Å². The Morgan fingerprint density at radius 2 is 1.29 bits per heavy atom. The van der Waals surface area contributed by atoms with E-state index in [0.29, 0.717) is 46.9 Å². The number of amides is 2. The first-order valence-corrected chi connectivity index (χ1v) is 19.0. The number of fused-ring (bicyclic) bond motifs is 1. The molecule has 0 unspecified atom stereocenters. The van der Waals surface area contributed by atoms with E-state index in [0.717, 1.165) is 0 Å². The molecule has 0 N–H and O–H groups in total. The molecule has 0 saturated carbocycles. The summed E-state index contributed by atoms with van der Waals surface area (Å²) in [6, 6.07) is 15.9. The molecule has 6 rings (SSSR count). The van der Waals surface area contributed by atoms with Crippen LogP contribution in [-0.2, 0) is 48.4 Å². The van der Waals surface area contributed by atoms with Crippen LogP contribution in [0.2, 0.25) is 0 Å². The van der Waals surface area contributed by atoms with Crippen LogP contribution in [0, 0.1) is 36.3 Å². The van der Waals surface area contributed by atoms with Gasteiger partial charge in [-0.1, -0.05) is 0 Å². The van der Waals surface area contributed by atoms with Crippen molar-refractivity contribution in [3.05, 3.63) is 130 Å². The molecule has 0 radical (unpaired) electrons. The van der Waals surface area contributed by atoms with Gasteiger partial charge in [-0.05, 0) is 73.4 Å². The Morgan fingerprint density at radius 1 is 0.797 bits per heavy atom. The highest BCUT2D eigenvalue weighted by atomic mass is 32.2. The van der Waals surface area contributed by atoms with Crippen molar-refractivity contribution >= 4 is 58.8 Å². The summed E-state index contributed by atoms with van der Waals surface area (Å²) in [5.41, 5.74) is 1.23. The molecule has 21 heteroatoms. The number of thioether (sulfide) groups is 1. The molecule has 3 heterocycles. The van der Waals surface area contributed by atoms with Crippen molar-refractivity contribution < 1.29 is 52.9 Å². The minimum Gasteiger partial charge on any atom is -0.456 e. The summed E-state index contributed by atoms with van der Waals surface area (Å²) in [5.74, 6) is -1.66. The Hall–Kier alpha value is -6.90. The molecule has 308 valence electrons. The third-order valence-electron chi connectivity index (χ3n) is 9.84. The predicted molar refractivity (Wildman–Crippen MR) is 206 cm³/mol. The molecule has 0 aromatic heterocycles. The number of non-ortho nitro benzene ring substituents is 3. The van der Waals surface area contributed by atoms with Crippen molar-refractivity contribution in [2.24, 2.45) is 10.9 Å². The number of esters is 1. The second kappa shape index (κ2) is 18.1. The predicted octanol–water partition coefficient (Wildman–Crippen LogP) is 6.20. The molecule has 0 spiro atoms. The number of nitro benzene ring substituents is 3. The Morgan fingerprint density at radius 3 is 1.80 bits per heavy atom. The van der Waals surface area contributed by atoms with E-state index in [1.54, 1.807) is 13.8 Å². The number of amidine groups is 1. The topological polar surface area (TPSA) is 253 Å². The average molecular weight is 833 g/mol. The summed E-state index contributed by atoms with van der Waals surface area (Å²) in [6.07, 6.45) is -1.95. The summed E-state index contributed by atoms with van der Waals surface area (Å²) in [5, 5.41) is 32.8. The first kappa shape index (κ1) is 41.7. The third kappa shape index (κ3) is 9.98. The molecular formula is C38H36N6O14S. The van der Waals surface area contributed by atoms with Gasteiger partial charge < -0.3 is 28.7 Å². The number of β-lactam (4-membered cyclic amide) rings is 1. The molecule has 59 heavy (non-hydrogen) atoms. The smallest absolute Gasteiger partial charge is 0.456 e. The lowest BCUT2D eigenvalue weighted by molar-refractivity contribution is -0.385. The highest BCUT2D eigenvalue weighted by Gasteiger charge is 2.58. The van der Waals surface area contributed by atoms with Crippen LogP contribution in [0.25, 0.3) is 0 Å². The largest absolute Gasteiger partial charge is 0.508 e. The Balaban J connectivity index is 1.09. The van der Waals surface area contributed by atoms with Gasteiger partial charge in [0.15, 0.2) is 0 Å². The quantitative estimate of drug-likeness (QED) is 0.0333. The SMILES string of the molecule is CC(=NC(=O)OCc1ccc([N+](=O)[O-])cc1)N1CC[C@@H](SC2=C(C(=O)OCc3ccc([N+](=O)[O-])cc3)N3C(=O)[C@H]([C@@H](C)OC(=O)OCc4ccc([N+](=O)[O-])cc4)[C@H]3C2)C1. The number of nitro groups is 3. The zero-order valence-corrected chi connectivity index (χ0v) is 32.3. The van der Waals surface area contributed by atoms with Gasteiger partial charge in [0.05, 0.1) is 26.7 Å². The summed E-state index contributed by atoms with van der Waals surface area (Å²) in [6.45, 7) is 3.58. The number of carbonyl (C=O) groups excluding carboxylic acids is 4. The van der Waals surface area contributed by atoms with E-state index < -0.39 is 57.0 Å². The number of hydrogen-bond donors (Lipinski definition) is 0. The molecule has 0 aliphatic carbocycles. The van der Waals surface area contributed by atoms with E-state index in [2.05, 4.69) is 4.99 Å². The maximum atomic E-state index is 13.7. The molecular weight excluding hydrogens is 797 g/mol. The van der Waals surface area contributed by atoms with Crippen LogP contribution in [-0.4, -0.2) is 85.0 Å². The molecule has 2 fully saturated rings. The molecule has 3 aliphatic rings. The van der Waals surface area contributed by atoms with Gasteiger partial charge in [0.25, 0.3) is 17.1 Å². The van der Waals surface area contributed by atoms with E-state index in [1.165, 1.54) is 89.5 Å². The van der Waals surface area contributed by atoms with Crippen LogP contribution < -0.4 is 0 Å². The highest BCUT2D eigenvalue weighted by Crippen LogP contribution is 2.49. The standard InChI is InChI=1S/C38H36N6O14S/c1-22(58-38(48)57-21-26-7-13-29(14-8-26)44(53)54)33-31-17-32(34(41(31)35(33)45)36(46)55-19-24-3-9-27(10-4-24)42(49)50)59-30-15-16-40(18-30)23(2)39-37(47)56-20-25-5-11-28(12-6-25)43(51)52/h3-14,22,30-31,33H,15-21H2,1-2H3/t22-,30-,31-,33-/m1/s1. The summed E-state index contributed by atoms with van der Waals surface area (Å²) < 4.78 is 21.5. The third-order valence-corrected chi connectivity index (χ3v) is 11.2. The second-order valence-electron chi connectivity index (χ2n) is 13.7. The van der Waals surface area contributed by atoms with E-state index in [-0.39, 0.29) is 54.3 Å². The van der Waals surface area contributed by atoms with Crippen molar-refractivity contribution in [3.63, 3.8) is 0 Å². The number of benzene rings is 3. The summed E-state index contributed by atoms with van der Waals surface area (Å²) in [7, 11) is 0.